The Kier molecular flexibility index (Phi) is 5.70. The largest absolute Gasteiger partial charge is 0.342 e. The normalized spacial score (nSPS) is 23.8. The van der Waals surface area contributed by atoms with E-state index < -0.39 is 0 Å². The summed E-state index contributed by atoms with van der Waals surface area (Å²) >= 11 is 12.3. The maximum absolute atomic E-state index is 13.4. The molecule has 4 heterocycles. The molecule has 1 saturated carbocycles. The van der Waals surface area contributed by atoms with E-state index in [0.29, 0.717) is 5.02 Å². The lowest BCUT2D eigenvalue weighted by atomic mass is 9.65. The van der Waals surface area contributed by atoms with Gasteiger partial charge in [-0.05, 0) is 61.9 Å². The molecule has 2 aliphatic heterocycles. The highest BCUT2D eigenvalue weighted by atomic mass is 35.5. The Balaban J connectivity index is 1.55. The van der Waals surface area contributed by atoms with Crippen LogP contribution in [0.15, 0.2) is 48.9 Å². The quantitative estimate of drug-likeness (QED) is 0.543. The molecule has 1 unspecified atom stereocenters. The smallest absolute Gasteiger partial charge is 0.271 e. The number of hydrogen-bond donors (Lipinski definition) is 2. The number of H-pyrrole nitrogens is 1. The summed E-state index contributed by atoms with van der Waals surface area (Å²) in [6, 6.07) is 9.68. The third kappa shape index (κ3) is 3.81. The molecule has 3 aromatic rings. The number of carbonyl (C=O) groups excluding carboxylic acids is 1. The maximum atomic E-state index is 13.4. The van der Waals surface area contributed by atoms with Gasteiger partial charge in [0, 0.05) is 30.0 Å². The van der Waals surface area contributed by atoms with E-state index in [9.17, 15) is 4.79 Å². The van der Waals surface area contributed by atoms with E-state index in [2.05, 4.69) is 50.6 Å². The van der Waals surface area contributed by atoms with Crippen molar-refractivity contribution in [1.29, 1.82) is 0 Å². The highest BCUT2D eigenvalue weighted by Gasteiger charge is 2.50. The molecular formula is C24H25Cl2N5O. The second kappa shape index (κ2) is 8.50. The van der Waals surface area contributed by atoms with Crippen molar-refractivity contribution in [3.05, 3.63) is 70.2 Å². The van der Waals surface area contributed by atoms with E-state index in [0.717, 1.165) is 42.0 Å². The Hall–Kier alpha value is -2.41. The number of halogens is 2. The zero-order chi connectivity index (χ0) is 22.3. The fourth-order valence-corrected chi connectivity index (χ4v) is 5.90. The zero-order valence-electron chi connectivity index (χ0n) is 17.8. The maximum Gasteiger partial charge on any atom is 0.271 e. The summed E-state index contributed by atoms with van der Waals surface area (Å²) in [7, 11) is 2.18. The fourth-order valence-electron chi connectivity index (χ4n) is 5.44. The van der Waals surface area contributed by atoms with Crippen molar-refractivity contribution in [2.24, 2.45) is 5.92 Å². The molecule has 2 saturated heterocycles. The van der Waals surface area contributed by atoms with Gasteiger partial charge in [-0.25, -0.2) is 4.98 Å². The number of aromatic amines is 1. The molecule has 1 aliphatic carbocycles. The van der Waals surface area contributed by atoms with Crippen LogP contribution in [-0.4, -0.2) is 45.1 Å². The van der Waals surface area contributed by atoms with Crippen molar-refractivity contribution < 1.29 is 4.79 Å². The number of benzene rings is 1. The van der Waals surface area contributed by atoms with Crippen molar-refractivity contribution in [2.75, 3.05) is 13.6 Å². The van der Waals surface area contributed by atoms with Crippen LogP contribution in [0.2, 0.25) is 10.0 Å². The molecule has 2 bridgehead atoms. The Morgan fingerprint density at radius 3 is 2.72 bits per heavy atom. The van der Waals surface area contributed by atoms with Crippen LogP contribution in [0.25, 0.3) is 11.1 Å². The number of nitrogens with zero attached hydrogens (tertiary/aromatic N) is 3. The molecule has 2 aromatic heterocycles. The Bertz CT molecular complexity index is 1130. The van der Waals surface area contributed by atoms with Gasteiger partial charge in [-0.2, -0.15) is 5.10 Å². The Labute approximate surface area is 197 Å². The van der Waals surface area contributed by atoms with Crippen molar-refractivity contribution in [2.45, 2.75) is 37.3 Å². The molecule has 1 amide bonds. The summed E-state index contributed by atoms with van der Waals surface area (Å²) < 4.78 is 0. The van der Waals surface area contributed by atoms with Crippen molar-refractivity contribution >= 4 is 29.1 Å². The first-order valence-electron chi connectivity index (χ1n) is 10.9. The van der Waals surface area contributed by atoms with Gasteiger partial charge in [0.2, 0.25) is 0 Å². The number of fused-ring (bicyclic) bond motifs is 3. The zero-order valence-corrected chi connectivity index (χ0v) is 19.3. The summed E-state index contributed by atoms with van der Waals surface area (Å²) in [5.41, 5.74) is 3.17. The highest BCUT2D eigenvalue weighted by molar-refractivity contribution is 6.36. The lowest BCUT2D eigenvalue weighted by molar-refractivity contribution is -0.0404. The number of carbonyl (C=O) groups is 1. The first-order valence-corrected chi connectivity index (χ1v) is 11.6. The summed E-state index contributed by atoms with van der Waals surface area (Å²) in [6.45, 7) is 1.05. The van der Waals surface area contributed by atoms with Crippen molar-refractivity contribution in [3.63, 3.8) is 0 Å². The van der Waals surface area contributed by atoms with E-state index in [4.69, 9.17) is 23.2 Å². The second-order valence-corrected chi connectivity index (χ2v) is 9.77. The first kappa shape index (κ1) is 21.4. The molecule has 1 aromatic carbocycles. The highest BCUT2D eigenvalue weighted by Crippen LogP contribution is 2.49. The summed E-state index contributed by atoms with van der Waals surface area (Å²) in [5.74, 6) is 0.448. The molecule has 0 radical (unpaired) electrons. The van der Waals surface area contributed by atoms with Gasteiger partial charge in [0.05, 0.1) is 22.3 Å². The minimum Gasteiger partial charge on any atom is -0.342 e. The number of aromatic nitrogens is 3. The minimum atomic E-state index is -0.291. The molecule has 8 heteroatoms. The van der Waals surface area contributed by atoms with E-state index >= 15 is 0 Å². The Morgan fingerprint density at radius 1 is 1.22 bits per heavy atom. The predicted molar refractivity (Wildman–Crippen MR) is 126 cm³/mol. The molecule has 3 aliphatic rings. The van der Waals surface area contributed by atoms with Gasteiger partial charge in [-0.15, -0.1) is 0 Å². The topological polar surface area (TPSA) is 73.9 Å². The fraction of sp³-hybridized carbons (Fsp3) is 0.375. The molecule has 1 atom stereocenters. The molecule has 32 heavy (non-hydrogen) atoms. The Morgan fingerprint density at radius 2 is 2.03 bits per heavy atom. The summed E-state index contributed by atoms with van der Waals surface area (Å²) in [4.78, 5) is 20.0. The molecule has 6 nitrogen and oxygen atoms in total. The molecular weight excluding hydrogens is 445 g/mol. The van der Waals surface area contributed by atoms with Gasteiger partial charge in [0.1, 0.15) is 5.69 Å². The SMILES string of the molecule is CN1CC2CCC1(C(NC(=O)c1ncc(Cl)cc1Cl)c1cccc(-c3cn[nH]c3)c1)CC2. The molecule has 3 fully saturated rings. The number of hydrogen-bond acceptors (Lipinski definition) is 4. The summed E-state index contributed by atoms with van der Waals surface area (Å²) in [5, 5.41) is 10.9. The van der Waals surface area contributed by atoms with Crippen LogP contribution < -0.4 is 5.32 Å². The summed E-state index contributed by atoms with van der Waals surface area (Å²) in [6.07, 6.45) is 9.57. The van der Waals surface area contributed by atoms with Gasteiger partial charge in [0.25, 0.3) is 5.91 Å². The lowest BCUT2D eigenvalue weighted by Gasteiger charge is -2.57. The third-order valence-electron chi connectivity index (χ3n) is 7.15. The van der Waals surface area contributed by atoms with Gasteiger partial charge in [-0.1, -0.05) is 41.4 Å². The number of piperidine rings is 2. The predicted octanol–water partition coefficient (Wildman–Crippen LogP) is 5.12. The number of amides is 1. The van der Waals surface area contributed by atoms with Crippen LogP contribution in [0.4, 0.5) is 0 Å². The second-order valence-electron chi connectivity index (χ2n) is 8.93. The van der Waals surface area contributed by atoms with Crippen LogP contribution >= 0.6 is 23.2 Å². The molecule has 2 N–H and O–H groups in total. The minimum absolute atomic E-state index is 0.154. The monoisotopic (exact) mass is 469 g/mol. The van der Waals surface area contributed by atoms with Crippen LogP contribution in [0.1, 0.15) is 47.8 Å². The van der Waals surface area contributed by atoms with Crippen LogP contribution in [0, 0.1) is 5.92 Å². The van der Waals surface area contributed by atoms with E-state index in [-0.39, 0.29) is 28.2 Å². The molecule has 0 spiro atoms. The average Bonchev–Trinajstić information content (AvgIpc) is 3.33. The van der Waals surface area contributed by atoms with Gasteiger partial charge in [0.15, 0.2) is 0 Å². The van der Waals surface area contributed by atoms with E-state index in [1.165, 1.54) is 19.0 Å². The number of rotatable bonds is 5. The average molecular weight is 470 g/mol. The van der Waals surface area contributed by atoms with Crippen LogP contribution in [0.5, 0.6) is 0 Å². The molecule has 6 rings (SSSR count). The van der Waals surface area contributed by atoms with E-state index in [1.54, 1.807) is 12.3 Å². The first-order chi connectivity index (χ1) is 15.5. The lowest BCUT2D eigenvalue weighted by Crippen LogP contribution is -2.62. The van der Waals surface area contributed by atoms with Crippen molar-refractivity contribution in [1.82, 2.24) is 25.4 Å². The van der Waals surface area contributed by atoms with Crippen LogP contribution in [-0.2, 0) is 0 Å². The third-order valence-corrected chi connectivity index (χ3v) is 7.65. The number of likely N-dealkylation sites (N-methyl/N-ethyl adjacent to an activating group) is 1. The number of nitrogens with one attached hydrogen (secondary N) is 2. The van der Waals surface area contributed by atoms with Crippen molar-refractivity contribution in [3.8, 4) is 11.1 Å². The van der Waals surface area contributed by atoms with Gasteiger partial charge in [-0.3, -0.25) is 14.8 Å². The number of pyridine rings is 1. The van der Waals surface area contributed by atoms with Gasteiger partial charge < -0.3 is 5.32 Å². The standard InChI is InChI=1S/C24H25Cl2N5O/c1-31-14-15-5-7-24(31,8-6-15)22(30-23(32)21-20(26)10-19(25)13-27-21)17-4-2-3-16(9-17)18-11-28-29-12-18/h2-4,9-13,15,22H,5-8,14H2,1H3,(H,28,29)(H,30,32). The van der Waals surface area contributed by atoms with Gasteiger partial charge >= 0.3 is 0 Å². The van der Waals surface area contributed by atoms with Crippen LogP contribution in [0.3, 0.4) is 0 Å². The van der Waals surface area contributed by atoms with E-state index in [1.807, 2.05) is 12.3 Å². The molecule has 166 valence electrons.